The second kappa shape index (κ2) is 14.3. The zero-order valence-corrected chi connectivity index (χ0v) is 18.0. The summed E-state index contributed by atoms with van der Waals surface area (Å²) in [7, 11) is 0. The Bertz CT molecular complexity index is 557. The Morgan fingerprint density at radius 2 is 1.73 bits per heavy atom. The summed E-state index contributed by atoms with van der Waals surface area (Å²) >= 11 is 0. The fraction of sp³-hybridized carbons (Fsp3) is 0.900. The number of ether oxygens (including phenoxy) is 2. The van der Waals surface area contributed by atoms with Gasteiger partial charge in [0.2, 0.25) is 12.1 Å². The van der Waals surface area contributed by atoms with Gasteiger partial charge in [0.25, 0.3) is 0 Å². The highest BCUT2D eigenvalue weighted by molar-refractivity contribution is 4.99. The third-order valence-electron chi connectivity index (χ3n) is 5.48. The summed E-state index contributed by atoms with van der Waals surface area (Å²) in [4.78, 5) is 21.1. The van der Waals surface area contributed by atoms with Gasteiger partial charge in [-0.1, -0.05) is 13.8 Å². The molecule has 0 aliphatic heterocycles. The van der Waals surface area contributed by atoms with E-state index in [-0.39, 0.29) is 16.0 Å². The van der Waals surface area contributed by atoms with Crippen molar-refractivity contribution in [3.05, 3.63) is 32.1 Å². The molecule has 1 aliphatic rings. The maximum absolute atomic E-state index is 10.9. The summed E-state index contributed by atoms with van der Waals surface area (Å²) in [6.45, 7) is 3.71. The van der Waals surface area contributed by atoms with Crippen molar-refractivity contribution in [3.63, 3.8) is 0 Å². The van der Waals surface area contributed by atoms with Crippen molar-refractivity contribution in [2.75, 3.05) is 0 Å². The van der Waals surface area contributed by atoms with Gasteiger partial charge in [-0.05, 0) is 38.2 Å². The van der Waals surface area contributed by atoms with Crippen molar-refractivity contribution in [1.29, 1.82) is 0 Å². The van der Waals surface area contributed by atoms with E-state index >= 15 is 0 Å². The van der Waals surface area contributed by atoms with E-state index < -0.39 is 24.7 Å². The fourth-order valence-electron chi connectivity index (χ4n) is 3.46. The molecule has 0 spiro atoms. The van der Waals surface area contributed by atoms with Gasteiger partial charge in [0.15, 0.2) is 12.6 Å². The Labute approximate surface area is 177 Å². The summed E-state index contributed by atoms with van der Waals surface area (Å²) in [6.07, 6.45) is 4.88. The van der Waals surface area contributed by atoms with E-state index in [1.807, 2.05) is 6.92 Å². The number of nitrogens with zero attached hydrogens (tertiary/aromatic N) is 2. The number of aliphatic hydroxyl groups is 2. The first-order valence-corrected chi connectivity index (χ1v) is 10.9. The van der Waals surface area contributed by atoms with Crippen LogP contribution in [0.4, 0.5) is 0 Å². The van der Waals surface area contributed by atoms with Crippen LogP contribution in [0.1, 0.15) is 84.5 Å². The molecule has 0 amide bonds. The average molecular weight is 433 g/mol. The molecule has 0 saturated carbocycles. The molecule has 30 heavy (non-hydrogen) atoms. The Morgan fingerprint density at radius 3 is 2.23 bits per heavy atom. The van der Waals surface area contributed by atoms with E-state index in [4.69, 9.17) is 9.47 Å². The number of allylic oxidation sites excluding steroid dienone is 1. The summed E-state index contributed by atoms with van der Waals surface area (Å²) in [5.41, 5.74) is 0. The molecule has 0 heterocycles. The van der Waals surface area contributed by atoms with Gasteiger partial charge in [0.1, 0.15) is 0 Å². The SMILES string of the molecule is CCC(CCC(CC)[N+](=O)[O-])OC(O)CCCCC(O)OC1=CCC([N+](=O)[O-])CC1. The third kappa shape index (κ3) is 10.3. The van der Waals surface area contributed by atoms with Crippen LogP contribution in [0.15, 0.2) is 11.8 Å². The second-order valence-electron chi connectivity index (χ2n) is 7.79. The Balaban J connectivity index is 2.20. The van der Waals surface area contributed by atoms with Crippen LogP contribution in [-0.2, 0) is 9.47 Å². The summed E-state index contributed by atoms with van der Waals surface area (Å²) < 4.78 is 11.0. The first-order valence-electron chi connectivity index (χ1n) is 10.9. The maximum Gasteiger partial charge on any atom is 0.217 e. The molecule has 5 atom stereocenters. The normalized spacial score (nSPS) is 20.7. The van der Waals surface area contributed by atoms with Crippen LogP contribution in [-0.4, -0.2) is 50.8 Å². The van der Waals surface area contributed by atoms with Crippen LogP contribution in [0.2, 0.25) is 0 Å². The Morgan fingerprint density at radius 1 is 1.07 bits per heavy atom. The fourth-order valence-corrected chi connectivity index (χ4v) is 3.46. The first kappa shape index (κ1) is 26.3. The molecule has 10 nitrogen and oxygen atoms in total. The Hall–Kier alpha value is -1.78. The van der Waals surface area contributed by atoms with Crippen LogP contribution in [0.3, 0.4) is 0 Å². The molecule has 174 valence electrons. The van der Waals surface area contributed by atoms with Crippen LogP contribution in [0.5, 0.6) is 0 Å². The molecular weight excluding hydrogens is 396 g/mol. The minimum Gasteiger partial charge on any atom is -0.470 e. The average Bonchev–Trinajstić information content (AvgIpc) is 2.70. The minimum atomic E-state index is -0.974. The topological polar surface area (TPSA) is 145 Å². The lowest BCUT2D eigenvalue weighted by Crippen LogP contribution is -2.25. The highest BCUT2D eigenvalue weighted by Crippen LogP contribution is 2.23. The lowest BCUT2D eigenvalue weighted by Gasteiger charge is -2.22. The monoisotopic (exact) mass is 432 g/mol. The summed E-state index contributed by atoms with van der Waals surface area (Å²) in [5.74, 6) is 0.592. The van der Waals surface area contributed by atoms with Gasteiger partial charge in [0, 0.05) is 48.4 Å². The van der Waals surface area contributed by atoms with Gasteiger partial charge < -0.3 is 19.7 Å². The molecule has 5 unspecified atom stereocenters. The molecule has 0 bridgehead atoms. The molecule has 0 fully saturated rings. The molecule has 0 saturated heterocycles. The van der Waals surface area contributed by atoms with E-state index in [0.29, 0.717) is 76.4 Å². The minimum absolute atomic E-state index is 0.218. The van der Waals surface area contributed by atoms with Gasteiger partial charge in [-0.25, -0.2) is 0 Å². The van der Waals surface area contributed by atoms with E-state index in [1.54, 1.807) is 13.0 Å². The maximum atomic E-state index is 10.9. The standard InChI is InChI=1S/C20H36N2O8/c1-3-15(21(25)26)9-12-17(4-2)29-19(23)7-5-6-8-20(24)30-18-13-10-16(11-14-18)22(27)28/h13,15-17,19-20,23-24H,3-12,14H2,1-2H3. The van der Waals surface area contributed by atoms with Crippen molar-refractivity contribution < 1.29 is 29.5 Å². The number of hydrogen-bond donors (Lipinski definition) is 2. The molecule has 1 aliphatic carbocycles. The van der Waals surface area contributed by atoms with Gasteiger partial charge in [-0.15, -0.1) is 0 Å². The van der Waals surface area contributed by atoms with E-state index in [2.05, 4.69) is 0 Å². The number of nitro groups is 2. The predicted octanol–water partition coefficient (Wildman–Crippen LogP) is 3.54. The van der Waals surface area contributed by atoms with Crippen LogP contribution >= 0.6 is 0 Å². The lowest BCUT2D eigenvalue weighted by molar-refractivity contribution is -0.524. The van der Waals surface area contributed by atoms with Crippen molar-refractivity contribution in [2.45, 2.75) is 115 Å². The highest BCUT2D eigenvalue weighted by atomic mass is 16.6. The molecule has 0 radical (unpaired) electrons. The summed E-state index contributed by atoms with van der Waals surface area (Å²) in [6, 6.07) is -1.15. The highest BCUT2D eigenvalue weighted by Gasteiger charge is 2.25. The van der Waals surface area contributed by atoms with Gasteiger partial charge in [0.05, 0.1) is 11.9 Å². The second-order valence-corrected chi connectivity index (χ2v) is 7.79. The third-order valence-corrected chi connectivity index (χ3v) is 5.48. The molecule has 0 aromatic carbocycles. The predicted molar refractivity (Wildman–Crippen MR) is 110 cm³/mol. The molecule has 1 rings (SSSR count). The van der Waals surface area contributed by atoms with E-state index in [1.165, 1.54) is 0 Å². The zero-order chi connectivity index (χ0) is 22.5. The molecular formula is C20H36N2O8. The van der Waals surface area contributed by atoms with Crippen molar-refractivity contribution in [3.8, 4) is 0 Å². The summed E-state index contributed by atoms with van der Waals surface area (Å²) in [5, 5.41) is 41.7. The molecule has 0 aromatic rings. The van der Waals surface area contributed by atoms with Crippen molar-refractivity contribution in [2.24, 2.45) is 0 Å². The van der Waals surface area contributed by atoms with Gasteiger partial charge >= 0.3 is 0 Å². The number of hydrogen-bond acceptors (Lipinski definition) is 8. The van der Waals surface area contributed by atoms with E-state index in [9.17, 15) is 30.4 Å². The van der Waals surface area contributed by atoms with Crippen molar-refractivity contribution in [1.82, 2.24) is 0 Å². The molecule has 0 aromatic heterocycles. The number of aliphatic hydroxyl groups excluding tert-OH is 2. The smallest absolute Gasteiger partial charge is 0.217 e. The van der Waals surface area contributed by atoms with Gasteiger partial charge in [-0.3, -0.25) is 20.2 Å². The largest absolute Gasteiger partial charge is 0.470 e. The van der Waals surface area contributed by atoms with Crippen molar-refractivity contribution >= 4 is 0 Å². The molecule has 10 heteroatoms. The first-order chi connectivity index (χ1) is 14.3. The number of unbranched alkanes of at least 4 members (excludes halogenated alkanes) is 1. The van der Waals surface area contributed by atoms with E-state index in [0.717, 1.165) is 0 Å². The Kier molecular flexibility index (Phi) is 12.5. The molecule has 2 N–H and O–H groups in total. The van der Waals surface area contributed by atoms with Crippen LogP contribution in [0.25, 0.3) is 0 Å². The quantitative estimate of drug-likeness (QED) is 0.163. The van der Waals surface area contributed by atoms with Crippen LogP contribution in [0, 0.1) is 20.2 Å². The zero-order valence-electron chi connectivity index (χ0n) is 18.0. The number of rotatable bonds is 16. The van der Waals surface area contributed by atoms with Gasteiger partial charge in [-0.2, -0.15) is 0 Å². The lowest BCUT2D eigenvalue weighted by atomic mass is 10.0. The van der Waals surface area contributed by atoms with Crippen LogP contribution < -0.4 is 0 Å².